The van der Waals surface area contributed by atoms with Gasteiger partial charge in [0.2, 0.25) is 9.84 Å². The second kappa shape index (κ2) is 6.97. The van der Waals surface area contributed by atoms with Gasteiger partial charge in [-0.15, -0.1) is 0 Å². The number of benzene rings is 2. The molecule has 0 aliphatic rings. The van der Waals surface area contributed by atoms with Crippen molar-refractivity contribution in [2.45, 2.75) is 4.90 Å². The molecule has 0 spiro atoms. The van der Waals surface area contributed by atoms with E-state index in [1.165, 1.54) is 36.5 Å². The van der Waals surface area contributed by atoms with Crippen molar-refractivity contribution in [3.63, 3.8) is 0 Å². The van der Waals surface area contributed by atoms with Gasteiger partial charge in [0.15, 0.2) is 16.4 Å². The summed E-state index contributed by atoms with van der Waals surface area (Å²) in [6, 6.07) is 13.7. The molecule has 0 radical (unpaired) electrons. The van der Waals surface area contributed by atoms with Crippen molar-refractivity contribution in [1.29, 1.82) is 5.26 Å². The minimum Gasteiger partial charge on any atom is -0.504 e. The fourth-order valence-corrected chi connectivity index (χ4v) is 3.67. The van der Waals surface area contributed by atoms with E-state index in [4.69, 9.17) is 0 Å². The number of hydrogen-bond donors (Lipinski definition) is 2. The van der Waals surface area contributed by atoms with E-state index >= 15 is 0 Å². The van der Waals surface area contributed by atoms with Crippen molar-refractivity contribution >= 4 is 15.9 Å². The molecule has 0 bridgehead atoms. The van der Waals surface area contributed by atoms with Crippen molar-refractivity contribution in [1.82, 2.24) is 9.55 Å². The molecule has 27 heavy (non-hydrogen) atoms. The molecule has 3 rings (SSSR count). The lowest BCUT2D eigenvalue weighted by molar-refractivity contribution is 0.404. The van der Waals surface area contributed by atoms with Crippen LogP contribution in [-0.4, -0.2) is 28.2 Å². The molecule has 0 fully saturated rings. The summed E-state index contributed by atoms with van der Waals surface area (Å²) >= 11 is 0. The van der Waals surface area contributed by atoms with Gasteiger partial charge in [-0.2, -0.15) is 5.26 Å². The molecule has 8 heteroatoms. The van der Waals surface area contributed by atoms with Crippen molar-refractivity contribution in [2.24, 2.45) is 7.05 Å². The highest BCUT2D eigenvalue weighted by Gasteiger charge is 2.21. The third-order valence-corrected chi connectivity index (χ3v) is 5.69. The van der Waals surface area contributed by atoms with E-state index in [0.717, 1.165) is 0 Å². The number of rotatable bonds is 4. The monoisotopic (exact) mass is 381 g/mol. The quantitative estimate of drug-likeness (QED) is 0.530. The Morgan fingerprint density at radius 3 is 2.48 bits per heavy atom. The van der Waals surface area contributed by atoms with Gasteiger partial charge in [-0.05, 0) is 30.3 Å². The Bertz CT molecular complexity index is 1170. The molecular weight excluding hydrogens is 366 g/mol. The molecule has 1 aromatic heterocycles. The van der Waals surface area contributed by atoms with Crippen LogP contribution in [0.5, 0.6) is 11.5 Å². The second-order valence-electron chi connectivity index (χ2n) is 5.70. The Kier molecular flexibility index (Phi) is 4.71. The molecule has 1 heterocycles. The Morgan fingerprint density at radius 1 is 1.15 bits per heavy atom. The molecule has 7 nitrogen and oxygen atoms in total. The molecule has 0 aliphatic carbocycles. The largest absolute Gasteiger partial charge is 0.504 e. The van der Waals surface area contributed by atoms with Gasteiger partial charge in [-0.25, -0.2) is 13.4 Å². The first-order chi connectivity index (χ1) is 12.8. The third-order valence-electron chi connectivity index (χ3n) is 4.01. The maximum absolute atomic E-state index is 12.6. The summed E-state index contributed by atoms with van der Waals surface area (Å²) in [5, 5.41) is 28.5. The topological polar surface area (TPSA) is 116 Å². The molecule has 0 amide bonds. The average Bonchev–Trinajstić information content (AvgIpc) is 3.03. The highest BCUT2D eigenvalue weighted by Crippen LogP contribution is 2.31. The summed E-state index contributed by atoms with van der Waals surface area (Å²) in [4.78, 5) is 3.76. The summed E-state index contributed by atoms with van der Waals surface area (Å²) in [6.45, 7) is 0. The first-order valence-corrected chi connectivity index (χ1v) is 9.29. The molecule has 0 aliphatic heterocycles. The van der Waals surface area contributed by atoms with Crippen molar-refractivity contribution < 1.29 is 18.6 Å². The van der Waals surface area contributed by atoms with Crippen molar-refractivity contribution in [3.05, 3.63) is 65.5 Å². The van der Waals surface area contributed by atoms with Gasteiger partial charge in [-0.3, -0.25) is 0 Å². The summed E-state index contributed by atoms with van der Waals surface area (Å²) in [5.74, 6) is -0.273. The van der Waals surface area contributed by atoms with E-state index in [2.05, 4.69) is 4.98 Å². The predicted molar refractivity (Wildman–Crippen MR) is 99.2 cm³/mol. The van der Waals surface area contributed by atoms with Crippen LogP contribution < -0.4 is 0 Å². The summed E-state index contributed by atoms with van der Waals surface area (Å²) in [6.07, 6.45) is 2.69. The molecule has 3 aromatic rings. The lowest BCUT2D eigenvalue weighted by Gasteiger charge is -2.06. The Morgan fingerprint density at radius 2 is 1.85 bits per heavy atom. The number of aromatic nitrogens is 2. The Hall–Kier alpha value is -3.57. The molecule has 0 atom stereocenters. The third kappa shape index (κ3) is 3.41. The van der Waals surface area contributed by atoms with Gasteiger partial charge in [0.25, 0.3) is 0 Å². The SMILES string of the molecule is Cn1c(-c2ccc(O)c(O)c2)cnc1/C=C(\C#N)S(=O)(=O)c1ccccc1. The molecular formula is C19H15N3O4S. The lowest BCUT2D eigenvalue weighted by atomic mass is 10.1. The highest BCUT2D eigenvalue weighted by atomic mass is 32.2. The normalized spacial score (nSPS) is 11.9. The number of phenols is 2. The molecule has 0 saturated heterocycles. The van der Waals surface area contributed by atoms with Gasteiger partial charge in [-0.1, -0.05) is 18.2 Å². The fourth-order valence-electron chi connectivity index (χ4n) is 2.52. The Balaban J connectivity index is 2.06. The maximum Gasteiger partial charge on any atom is 0.216 e. The smallest absolute Gasteiger partial charge is 0.216 e. The number of aromatic hydroxyl groups is 2. The van der Waals surface area contributed by atoms with Crippen molar-refractivity contribution in [2.75, 3.05) is 0 Å². The van der Waals surface area contributed by atoms with Crippen LogP contribution in [0.3, 0.4) is 0 Å². The zero-order chi connectivity index (χ0) is 19.6. The van der Waals surface area contributed by atoms with Gasteiger partial charge in [0.05, 0.1) is 16.8 Å². The minimum atomic E-state index is -3.96. The number of phenolic OH excluding ortho intramolecular Hbond substituents is 2. The number of imidazole rings is 1. The van der Waals surface area contributed by atoms with E-state index in [9.17, 15) is 23.9 Å². The lowest BCUT2D eigenvalue weighted by Crippen LogP contribution is -2.04. The van der Waals surface area contributed by atoms with Crippen LogP contribution in [0.25, 0.3) is 17.3 Å². The van der Waals surface area contributed by atoms with Crippen molar-refractivity contribution in [3.8, 4) is 28.8 Å². The van der Waals surface area contributed by atoms with Gasteiger partial charge >= 0.3 is 0 Å². The van der Waals surface area contributed by atoms with Gasteiger partial charge < -0.3 is 14.8 Å². The summed E-state index contributed by atoms with van der Waals surface area (Å²) in [5.41, 5.74) is 1.15. The van der Waals surface area contributed by atoms with E-state index in [1.54, 1.807) is 41.9 Å². The van der Waals surface area contributed by atoms with Crippen LogP contribution in [-0.2, 0) is 16.9 Å². The zero-order valence-corrected chi connectivity index (χ0v) is 15.1. The van der Waals surface area contributed by atoms with Gasteiger partial charge in [0, 0.05) is 18.7 Å². The second-order valence-corrected chi connectivity index (χ2v) is 7.62. The zero-order valence-electron chi connectivity index (χ0n) is 14.2. The molecule has 0 unspecified atom stereocenters. The van der Waals surface area contributed by atoms with Crippen LogP contribution in [0.2, 0.25) is 0 Å². The molecule has 2 aromatic carbocycles. The summed E-state index contributed by atoms with van der Waals surface area (Å²) in [7, 11) is -2.31. The summed E-state index contributed by atoms with van der Waals surface area (Å²) < 4.78 is 26.9. The predicted octanol–water partition coefficient (Wildman–Crippen LogP) is 2.84. The van der Waals surface area contributed by atoms with Crippen LogP contribution in [0.1, 0.15) is 5.82 Å². The fraction of sp³-hybridized carbons (Fsp3) is 0.0526. The Labute approximate surface area is 156 Å². The van der Waals surface area contributed by atoms with E-state index in [-0.39, 0.29) is 22.2 Å². The van der Waals surface area contributed by atoms with Crippen LogP contribution >= 0.6 is 0 Å². The first kappa shape index (κ1) is 18.2. The number of sulfone groups is 1. The molecule has 136 valence electrons. The standard InChI is InChI=1S/C19H15N3O4S/c1-22-16(13-7-8-17(23)18(24)9-13)12-21-19(22)10-15(11-20)27(25,26)14-5-3-2-4-6-14/h2-10,12,23-24H,1H3/b15-10+. The molecule has 0 saturated carbocycles. The van der Waals surface area contributed by atoms with E-state index in [1.807, 2.05) is 0 Å². The van der Waals surface area contributed by atoms with Crippen LogP contribution in [0, 0.1) is 11.3 Å². The average molecular weight is 381 g/mol. The maximum atomic E-state index is 12.6. The molecule has 2 N–H and O–H groups in total. The van der Waals surface area contributed by atoms with Crippen LogP contribution in [0.4, 0.5) is 0 Å². The number of allylic oxidation sites excluding steroid dienone is 1. The highest BCUT2D eigenvalue weighted by molar-refractivity contribution is 7.95. The van der Waals surface area contributed by atoms with E-state index in [0.29, 0.717) is 11.3 Å². The number of hydrogen-bond acceptors (Lipinski definition) is 6. The van der Waals surface area contributed by atoms with E-state index < -0.39 is 14.7 Å². The number of nitriles is 1. The van der Waals surface area contributed by atoms with Gasteiger partial charge in [0.1, 0.15) is 11.9 Å². The minimum absolute atomic E-state index is 0.0238. The van der Waals surface area contributed by atoms with Crippen LogP contribution in [0.15, 0.2) is 64.5 Å². The first-order valence-electron chi connectivity index (χ1n) is 7.80. The number of nitrogens with zero attached hydrogens (tertiary/aromatic N) is 3.